The van der Waals surface area contributed by atoms with Crippen LogP contribution in [0.4, 0.5) is 4.39 Å². The van der Waals surface area contributed by atoms with Crippen molar-refractivity contribution in [2.24, 2.45) is 5.73 Å². The van der Waals surface area contributed by atoms with Gasteiger partial charge < -0.3 is 10.5 Å². The third-order valence-electron chi connectivity index (χ3n) is 4.38. The van der Waals surface area contributed by atoms with Crippen LogP contribution in [0.1, 0.15) is 17.0 Å². The lowest BCUT2D eigenvalue weighted by atomic mass is 9.82. The first kappa shape index (κ1) is 15.7. The van der Waals surface area contributed by atoms with Crippen molar-refractivity contribution < 1.29 is 9.13 Å². The smallest absolute Gasteiger partial charge is 0.205 e. The monoisotopic (exact) mass is 394 g/mol. The molecule has 0 spiro atoms. The summed E-state index contributed by atoms with van der Waals surface area (Å²) in [6.07, 6.45) is 0. The molecule has 1 heterocycles. The van der Waals surface area contributed by atoms with Gasteiger partial charge in [-0.15, -0.1) is 0 Å². The van der Waals surface area contributed by atoms with E-state index in [9.17, 15) is 9.65 Å². The summed E-state index contributed by atoms with van der Waals surface area (Å²) in [5.41, 5.74) is 7.97. The summed E-state index contributed by atoms with van der Waals surface area (Å²) in [5, 5.41) is 11.5. The second-order valence-electron chi connectivity index (χ2n) is 5.80. The highest BCUT2D eigenvalue weighted by atomic mass is 79.9. The maximum atomic E-state index is 13.7. The molecule has 1 atom stereocenters. The Bertz CT molecular complexity index is 1080. The lowest BCUT2D eigenvalue weighted by Gasteiger charge is -2.27. The number of hydrogen-bond acceptors (Lipinski definition) is 3. The number of nitrogens with two attached hydrogens (primary N) is 1. The van der Waals surface area contributed by atoms with Crippen LogP contribution < -0.4 is 10.5 Å². The summed E-state index contributed by atoms with van der Waals surface area (Å²) in [4.78, 5) is 0. The van der Waals surface area contributed by atoms with E-state index in [-0.39, 0.29) is 11.7 Å². The minimum Gasteiger partial charge on any atom is -0.440 e. The Balaban J connectivity index is 2.01. The van der Waals surface area contributed by atoms with Gasteiger partial charge >= 0.3 is 0 Å². The second kappa shape index (κ2) is 5.91. The zero-order chi connectivity index (χ0) is 17.6. The zero-order valence-corrected chi connectivity index (χ0v) is 14.5. The van der Waals surface area contributed by atoms with Gasteiger partial charge in [-0.05, 0) is 39.0 Å². The summed E-state index contributed by atoms with van der Waals surface area (Å²) in [5.74, 6) is -0.0443. The van der Waals surface area contributed by atoms with Gasteiger partial charge in [0.1, 0.15) is 23.2 Å². The van der Waals surface area contributed by atoms with E-state index in [0.29, 0.717) is 15.8 Å². The van der Waals surface area contributed by atoms with Crippen LogP contribution in [0.25, 0.3) is 10.8 Å². The highest BCUT2D eigenvalue weighted by Gasteiger charge is 2.31. The number of nitriles is 1. The molecule has 1 aliphatic heterocycles. The molecule has 0 aliphatic carbocycles. The van der Waals surface area contributed by atoms with Crippen molar-refractivity contribution >= 4 is 26.7 Å². The fraction of sp³-hybridized carbons (Fsp3) is 0.0500. The second-order valence-corrected chi connectivity index (χ2v) is 6.66. The first-order valence-electron chi connectivity index (χ1n) is 7.64. The van der Waals surface area contributed by atoms with Gasteiger partial charge in [-0.25, -0.2) is 4.39 Å². The van der Waals surface area contributed by atoms with E-state index in [1.54, 1.807) is 12.1 Å². The van der Waals surface area contributed by atoms with Crippen LogP contribution in [-0.4, -0.2) is 0 Å². The van der Waals surface area contributed by atoms with Gasteiger partial charge in [0, 0.05) is 10.9 Å². The Morgan fingerprint density at radius 1 is 1.12 bits per heavy atom. The number of benzene rings is 3. The van der Waals surface area contributed by atoms with Crippen LogP contribution in [0.2, 0.25) is 0 Å². The predicted molar refractivity (Wildman–Crippen MR) is 97.3 cm³/mol. The normalized spacial score (nSPS) is 16.3. The SMILES string of the molecule is N#CC1=C(N)Oc2c(ccc3ccccc23)[C@@H]1c1ccc(F)c(Br)c1. The summed E-state index contributed by atoms with van der Waals surface area (Å²) in [7, 11) is 0. The molecule has 4 rings (SSSR count). The van der Waals surface area contributed by atoms with Crippen LogP contribution in [0.15, 0.2) is 70.5 Å². The number of ether oxygens (including phenoxy) is 1. The van der Waals surface area contributed by atoms with Crippen molar-refractivity contribution in [1.29, 1.82) is 5.26 Å². The molecular weight excluding hydrogens is 383 g/mol. The van der Waals surface area contributed by atoms with E-state index in [4.69, 9.17) is 10.5 Å². The molecule has 2 N–H and O–H groups in total. The van der Waals surface area contributed by atoms with Crippen molar-refractivity contribution in [1.82, 2.24) is 0 Å². The van der Waals surface area contributed by atoms with Crippen LogP contribution >= 0.6 is 15.9 Å². The molecular formula is C20H12BrFN2O. The van der Waals surface area contributed by atoms with Gasteiger partial charge in [-0.3, -0.25) is 0 Å². The van der Waals surface area contributed by atoms with Crippen molar-refractivity contribution in [3.63, 3.8) is 0 Å². The third-order valence-corrected chi connectivity index (χ3v) is 4.99. The van der Waals surface area contributed by atoms with Crippen molar-refractivity contribution in [3.8, 4) is 11.8 Å². The number of allylic oxidation sites excluding steroid dienone is 1. The van der Waals surface area contributed by atoms with E-state index < -0.39 is 5.92 Å². The lowest BCUT2D eigenvalue weighted by Crippen LogP contribution is -2.21. The van der Waals surface area contributed by atoms with Crippen LogP contribution in [-0.2, 0) is 0 Å². The van der Waals surface area contributed by atoms with Gasteiger partial charge in [0.2, 0.25) is 5.88 Å². The molecule has 1 aliphatic rings. The molecule has 0 fully saturated rings. The standard InChI is InChI=1S/C20H12BrFN2O/c21-16-9-12(6-8-17(16)22)18-14-7-5-11-3-1-2-4-13(11)19(14)25-20(24)15(18)10-23/h1-9,18H,24H2/t18-/m0/s1. The summed E-state index contributed by atoms with van der Waals surface area (Å²) >= 11 is 3.21. The molecule has 0 radical (unpaired) electrons. The first-order chi connectivity index (χ1) is 12.1. The number of hydrogen-bond donors (Lipinski definition) is 1. The quantitative estimate of drug-likeness (QED) is 0.634. The fourth-order valence-electron chi connectivity index (χ4n) is 3.22. The van der Waals surface area contributed by atoms with E-state index in [0.717, 1.165) is 21.9 Å². The first-order valence-corrected chi connectivity index (χ1v) is 8.43. The van der Waals surface area contributed by atoms with E-state index >= 15 is 0 Å². The molecule has 122 valence electrons. The molecule has 3 aromatic carbocycles. The minimum atomic E-state index is -0.407. The number of halogens is 2. The summed E-state index contributed by atoms with van der Waals surface area (Å²) in [6, 6.07) is 18.6. The van der Waals surface area contributed by atoms with Gasteiger partial charge in [-0.1, -0.05) is 42.5 Å². The van der Waals surface area contributed by atoms with Crippen LogP contribution in [0, 0.1) is 17.1 Å². The molecule has 0 amide bonds. The minimum absolute atomic E-state index is 0.0804. The molecule has 25 heavy (non-hydrogen) atoms. The summed E-state index contributed by atoms with van der Waals surface area (Å²) in [6.45, 7) is 0. The molecule has 5 heteroatoms. The highest BCUT2D eigenvalue weighted by Crippen LogP contribution is 2.45. The molecule has 0 saturated carbocycles. The maximum absolute atomic E-state index is 13.7. The fourth-order valence-corrected chi connectivity index (χ4v) is 3.62. The molecule has 0 saturated heterocycles. The Morgan fingerprint density at radius 2 is 1.92 bits per heavy atom. The molecule has 0 aromatic heterocycles. The Hall–Kier alpha value is -2.84. The predicted octanol–water partition coefficient (Wildman–Crippen LogP) is 4.96. The molecule has 0 bridgehead atoms. The van der Waals surface area contributed by atoms with E-state index in [1.165, 1.54) is 6.07 Å². The van der Waals surface area contributed by atoms with E-state index in [1.807, 2.05) is 36.4 Å². The van der Waals surface area contributed by atoms with E-state index in [2.05, 4.69) is 22.0 Å². The Kier molecular flexibility index (Phi) is 3.70. The van der Waals surface area contributed by atoms with Crippen molar-refractivity contribution in [2.75, 3.05) is 0 Å². The number of fused-ring (bicyclic) bond motifs is 3. The molecule has 0 unspecified atom stereocenters. The van der Waals surface area contributed by atoms with Gasteiger partial charge in [-0.2, -0.15) is 5.26 Å². The van der Waals surface area contributed by atoms with Crippen LogP contribution in [0.5, 0.6) is 5.75 Å². The Morgan fingerprint density at radius 3 is 2.68 bits per heavy atom. The van der Waals surface area contributed by atoms with Gasteiger partial charge in [0.15, 0.2) is 0 Å². The maximum Gasteiger partial charge on any atom is 0.205 e. The van der Waals surface area contributed by atoms with Gasteiger partial charge in [0.25, 0.3) is 0 Å². The van der Waals surface area contributed by atoms with Crippen molar-refractivity contribution in [2.45, 2.75) is 5.92 Å². The molecule has 3 nitrogen and oxygen atoms in total. The average Bonchev–Trinajstić information content (AvgIpc) is 2.63. The van der Waals surface area contributed by atoms with Gasteiger partial charge in [0.05, 0.1) is 10.4 Å². The average molecular weight is 395 g/mol. The Labute approximate surface area is 152 Å². The summed E-state index contributed by atoms with van der Waals surface area (Å²) < 4.78 is 19.8. The number of rotatable bonds is 1. The molecule has 3 aromatic rings. The largest absolute Gasteiger partial charge is 0.440 e. The third kappa shape index (κ3) is 2.46. The lowest BCUT2D eigenvalue weighted by molar-refractivity contribution is 0.398. The van der Waals surface area contributed by atoms with Crippen molar-refractivity contribution in [3.05, 3.63) is 87.5 Å². The highest BCUT2D eigenvalue weighted by molar-refractivity contribution is 9.10. The zero-order valence-electron chi connectivity index (χ0n) is 13.0. The van der Waals surface area contributed by atoms with Crippen LogP contribution in [0.3, 0.4) is 0 Å². The number of nitrogens with zero attached hydrogens (tertiary/aromatic N) is 1. The topological polar surface area (TPSA) is 59.0 Å².